The quantitative estimate of drug-likeness (QED) is 0.355. The van der Waals surface area contributed by atoms with E-state index in [1.165, 1.54) is 0 Å². The molecule has 198 valence electrons. The molecular formula is C29H34ClNO5S. The average molecular weight is 544 g/mol. The summed E-state index contributed by atoms with van der Waals surface area (Å²) in [7, 11) is 1.96. The lowest BCUT2D eigenvalue weighted by molar-refractivity contribution is -0.0818. The van der Waals surface area contributed by atoms with Gasteiger partial charge in [-0.25, -0.2) is 13.2 Å². The molecule has 3 aromatic carbocycles. The fourth-order valence-corrected chi connectivity index (χ4v) is 7.05. The van der Waals surface area contributed by atoms with Crippen molar-refractivity contribution >= 4 is 28.2 Å². The monoisotopic (exact) mass is 543 g/mol. The van der Waals surface area contributed by atoms with E-state index in [-0.39, 0.29) is 18.3 Å². The van der Waals surface area contributed by atoms with Crippen LogP contribution in [0.25, 0.3) is 0 Å². The summed E-state index contributed by atoms with van der Waals surface area (Å²) in [5.41, 5.74) is 0.269. The zero-order valence-electron chi connectivity index (χ0n) is 21.4. The van der Waals surface area contributed by atoms with Crippen LogP contribution >= 0.6 is 12.4 Å². The summed E-state index contributed by atoms with van der Waals surface area (Å²) in [5.74, 6) is -0.0266. The number of halogens is 1. The molecule has 1 aliphatic carbocycles. The molecule has 0 aliphatic heterocycles. The van der Waals surface area contributed by atoms with E-state index in [1.807, 2.05) is 55.4 Å². The number of methoxy groups -OCH3 is 1. The number of carbonyl (C=O) groups excluding carboxylic acids is 1. The Bertz CT molecular complexity index is 1280. The normalized spacial score (nSPS) is 21.6. The van der Waals surface area contributed by atoms with E-state index in [1.54, 1.807) is 55.6 Å². The van der Waals surface area contributed by atoms with Crippen molar-refractivity contribution in [2.45, 2.75) is 35.0 Å². The van der Waals surface area contributed by atoms with Crippen molar-refractivity contribution < 1.29 is 22.7 Å². The average Bonchev–Trinajstić information content (AvgIpc) is 2.90. The first kappa shape index (κ1) is 28.7. The number of nitrogens with zero attached hydrogens (tertiary/aromatic N) is 1. The van der Waals surface area contributed by atoms with Crippen molar-refractivity contribution in [1.82, 2.24) is 4.90 Å². The molecule has 0 radical (unpaired) electrons. The molecule has 6 nitrogen and oxygen atoms in total. The summed E-state index contributed by atoms with van der Waals surface area (Å²) in [4.78, 5) is 15.7. The molecule has 4 rings (SSSR count). The molecule has 0 N–H and O–H groups in total. The molecule has 1 saturated carbocycles. The fraction of sp³-hybridized carbons (Fsp3) is 0.345. The van der Waals surface area contributed by atoms with Gasteiger partial charge in [0.15, 0.2) is 9.84 Å². The number of hydrogen-bond acceptors (Lipinski definition) is 6. The standard InChI is InChI=1S/C29H33NO5S.ClH/c1-30(2)21-24-20-27(36(32,33)26-15-8-5-9-16-26)17-18-29(24,23-13-10-14-25(19-23)34-3)35-28(31)22-11-6-4-7-12-22;/h4-16,19,24,27H,17-18,20-21H2,1-3H3;1H. The molecule has 8 heteroatoms. The maximum atomic E-state index is 13.6. The van der Waals surface area contributed by atoms with Crippen LogP contribution in [0.15, 0.2) is 89.8 Å². The third kappa shape index (κ3) is 6.17. The Labute approximate surface area is 225 Å². The summed E-state index contributed by atoms with van der Waals surface area (Å²) in [6, 6.07) is 25.1. The smallest absolute Gasteiger partial charge is 0.339 e. The summed E-state index contributed by atoms with van der Waals surface area (Å²) < 4.78 is 39.0. The molecule has 3 aromatic rings. The Morgan fingerprint density at radius 2 is 1.62 bits per heavy atom. The van der Waals surface area contributed by atoms with Crippen LogP contribution in [-0.2, 0) is 20.2 Å². The second-order valence-electron chi connectivity index (χ2n) is 9.59. The minimum atomic E-state index is -3.54. The molecule has 0 bridgehead atoms. The number of benzene rings is 3. The Balaban J connectivity index is 0.00000380. The second-order valence-corrected chi connectivity index (χ2v) is 11.8. The fourth-order valence-electron chi connectivity index (χ4n) is 5.21. The largest absolute Gasteiger partial charge is 0.497 e. The maximum absolute atomic E-state index is 13.6. The third-order valence-electron chi connectivity index (χ3n) is 6.98. The highest BCUT2D eigenvalue weighted by Crippen LogP contribution is 2.48. The highest BCUT2D eigenvalue weighted by atomic mass is 35.5. The van der Waals surface area contributed by atoms with E-state index < -0.39 is 26.7 Å². The van der Waals surface area contributed by atoms with Crippen molar-refractivity contribution in [3.05, 3.63) is 96.1 Å². The molecule has 0 spiro atoms. The molecule has 3 unspecified atom stereocenters. The number of carbonyl (C=O) groups is 1. The topological polar surface area (TPSA) is 72.9 Å². The predicted octanol–water partition coefficient (Wildman–Crippen LogP) is 5.37. The number of hydrogen-bond donors (Lipinski definition) is 0. The second kappa shape index (κ2) is 12.1. The zero-order valence-corrected chi connectivity index (χ0v) is 23.0. The van der Waals surface area contributed by atoms with Crippen molar-refractivity contribution in [3.63, 3.8) is 0 Å². The van der Waals surface area contributed by atoms with Crippen molar-refractivity contribution in [1.29, 1.82) is 0 Å². The molecular weight excluding hydrogens is 510 g/mol. The van der Waals surface area contributed by atoms with E-state index in [0.717, 1.165) is 5.56 Å². The minimum absolute atomic E-state index is 0. The van der Waals surface area contributed by atoms with Crippen molar-refractivity contribution in [3.8, 4) is 5.75 Å². The number of esters is 1. The summed E-state index contributed by atoms with van der Waals surface area (Å²) in [6.45, 7) is 0.556. The van der Waals surface area contributed by atoms with Gasteiger partial charge in [0.25, 0.3) is 0 Å². The number of rotatable bonds is 8. The Morgan fingerprint density at radius 1 is 0.973 bits per heavy atom. The Kier molecular flexibility index (Phi) is 9.40. The molecule has 3 atom stereocenters. The number of sulfone groups is 1. The maximum Gasteiger partial charge on any atom is 0.339 e. The van der Waals surface area contributed by atoms with Crippen LogP contribution < -0.4 is 4.74 Å². The van der Waals surface area contributed by atoms with Crippen LogP contribution in [0.2, 0.25) is 0 Å². The van der Waals surface area contributed by atoms with Gasteiger partial charge in [-0.1, -0.05) is 48.5 Å². The van der Waals surface area contributed by atoms with Crippen LogP contribution in [0.3, 0.4) is 0 Å². The van der Waals surface area contributed by atoms with E-state index >= 15 is 0 Å². The van der Waals surface area contributed by atoms with E-state index in [9.17, 15) is 13.2 Å². The third-order valence-corrected chi connectivity index (χ3v) is 9.22. The van der Waals surface area contributed by atoms with Gasteiger partial charge in [0.05, 0.1) is 22.8 Å². The molecule has 1 fully saturated rings. The van der Waals surface area contributed by atoms with Crippen LogP contribution in [-0.4, -0.2) is 52.3 Å². The van der Waals surface area contributed by atoms with Gasteiger partial charge in [-0.2, -0.15) is 0 Å². The van der Waals surface area contributed by atoms with Crippen LogP contribution in [0, 0.1) is 5.92 Å². The van der Waals surface area contributed by atoms with Gasteiger partial charge in [0, 0.05) is 12.5 Å². The molecule has 0 aromatic heterocycles. The minimum Gasteiger partial charge on any atom is -0.497 e. The van der Waals surface area contributed by atoms with Gasteiger partial charge in [0.2, 0.25) is 0 Å². The van der Waals surface area contributed by atoms with Crippen LogP contribution in [0.1, 0.15) is 35.2 Å². The van der Waals surface area contributed by atoms with E-state index in [2.05, 4.69) is 0 Å². The number of ether oxygens (including phenoxy) is 2. The van der Waals surface area contributed by atoms with Gasteiger partial charge in [-0.15, -0.1) is 12.4 Å². The van der Waals surface area contributed by atoms with Gasteiger partial charge in [-0.05, 0) is 75.3 Å². The van der Waals surface area contributed by atoms with Gasteiger partial charge in [0.1, 0.15) is 11.4 Å². The summed E-state index contributed by atoms with van der Waals surface area (Å²) in [6.07, 6.45) is 1.13. The van der Waals surface area contributed by atoms with Gasteiger partial charge in [-0.3, -0.25) is 0 Å². The summed E-state index contributed by atoms with van der Waals surface area (Å²) >= 11 is 0. The molecule has 0 saturated heterocycles. The Morgan fingerprint density at radius 3 is 2.24 bits per heavy atom. The molecule has 0 heterocycles. The molecule has 37 heavy (non-hydrogen) atoms. The van der Waals surface area contributed by atoms with Crippen molar-refractivity contribution in [2.75, 3.05) is 27.7 Å². The van der Waals surface area contributed by atoms with Crippen LogP contribution in [0.5, 0.6) is 5.75 Å². The first-order chi connectivity index (χ1) is 17.3. The first-order valence-corrected chi connectivity index (χ1v) is 13.7. The SMILES string of the molecule is COc1cccc(C2(OC(=O)c3ccccc3)CCC(S(=O)(=O)c3ccccc3)CC2CN(C)C)c1.Cl. The van der Waals surface area contributed by atoms with E-state index in [4.69, 9.17) is 9.47 Å². The lowest BCUT2D eigenvalue weighted by Crippen LogP contribution is -2.50. The highest BCUT2D eigenvalue weighted by molar-refractivity contribution is 7.92. The van der Waals surface area contributed by atoms with Gasteiger partial charge >= 0.3 is 5.97 Å². The first-order valence-electron chi connectivity index (χ1n) is 12.1. The molecule has 1 aliphatic rings. The lowest BCUT2D eigenvalue weighted by Gasteiger charge is -2.47. The lowest BCUT2D eigenvalue weighted by atomic mass is 9.70. The zero-order chi connectivity index (χ0) is 25.8. The highest BCUT2D eigenvalue weighted by Gasteiger charge is 2.51. The van der Waals surface area contributed by atoms with Crippen LogP contribution in [0.4, 0.5) is 0 Å². The van der Waals surface area contributed by atoms with Gasteiger partial charge < -0.3 is 14.4 Å². The van der Waals surface area contributed by atoms with E-state index in [0.29, 0.717) is 42.0 Å². The van der Waals surface area contributed by atoms with Crippen molar-refractivity contribution in [2.24, 2.45) is 5.92 Å². The Hall–Kier alpha value is -2.87. The molecule has 0 amide bonds. The predicted molar refractivity (Wildman–Crippen MR) is 147 cm³/mol. The summed E-state index contributed by atoms with van der Waals surface area (Å²) in [5, 5.41) is -0.570.